The highest BCUT2D eigenvalue weighted by molar-refractivity contribution is 9.10. The minimum absolute atomic E-state index is 0.164. The standard InChI is InChI=1S/C16H17BrFNO2/c1-11-5-6-13(8-16(11)18)19-9-14(20)10-21-15-4-2-3-12(17)7-15/h2-8,14,19-20H,9-10H2,1H3. The molecule has 2 rings (SSSR count). The van der Waals surface area contributed by atoms with Crippen LogP contribution < -0.4 is 10.1 Å². The number of ether oxygens (including phenoxy) is 1. The van der Waals surface area contributed by atoms with Crippen molar-refractivity contribution in [3.05, 3.63) is 58.3 Å². The van der Waals surface area contributed by atoms with E-state index in [0.29, 0.717) is 17.0 Å². The highest BCUT2D eigenvalue weighted by Gasteiger charge is 2.06. The normalized spacial score (nSPS) is 12.0. The molecule has 5 heteroatoms. The number of aryl methyl sites for hydroxylation is 1. The molecule has 0 aliphatic rings. The molecule has 0 aliphatic carbocycles. The van der Waals surface area contributed by atoms with E-state index in [1.165, 1.54) is 6.07 Å². The van der Waals surface area contributed by atoms with Gasteiger partial charge in [-0.25, -0.2) is 4.39 Å². The average molecular weight is 354 g/mol. The number of nitrogens with one attached hydrogen (secondary N) is 1. The van der Waals surface area contributed by atoms with Crippen LogP contribution in [0.1, 0.15) is 5.56 Å². The Morgan fingerprint density at radius 3 is 2.81 bits per heavy atom. The van der Waals surface area contributed by atoms with Gasteiger partial charge in [0.1, 0.15) is 24.3 Å². The molecule has 0 radical (unpaired) electrons. The Hall–Kier alpha value is -1.59. The first kappa shape index (κ1) is 15.8. The van der Waals surface area contributed by atoms with Gasteiger partial charge >= 0.3 is 0 Å². The van der Waals surface area contributed by atoms with E-state index >= 15 is 0 Å². The molecule has 0 bridgehead atoms. The lowest BCUT2D eigenvalue weighted by Gasteiger charge is -2.14. The fourth-order valence-electron chi connectivity index (χ4n) is 1.75. The van der Waals surface area contributed by atoms with Crippen molar-refractivity contribution in [3.63, 3.8) is 0 Å². The highest BCUT2D eigenvalue weighted by atomic mass is 79.9. The molecule has 112 valence electrons. The first-order valence-electron chi connectivity index (χ1n) is 6.61. The molecule has 0 amide bonds. The molecule has 1 unspecified atom stereocenters. The third kappa shape index (κ3) is 5.02. The largest absolute Gasteiger partial charge is 0.491 e. The second kappa shape index (κ2) is 7.43. The van der Waals surface area contributed by atoms with Crippen LogP contribution in [0.15, 0.2) is 46.9 Å². The van der Waals surface area contributed by atoms with Gasteiger partial charge in [-0.15, -0.1) is 0 Å². The van der Waals surface area contributed by atoms with Gasteiger partial charge in [0.05, 0.1) is 0 Å². The molecular formula is C16H17BrFNO2. The predicted octanol–water partition coefficient (Wildman–Crippen LogP) is 3.75. The first-order chi connectivity index (χ1) is 10.0. The van der Waals surface area contributed by atoms with Gasteiger partial charge in [0.2, 0.25) is 0 Å². The maximum atomic E-state index is 13.4. The number of benzene rings is 2. The summed E-state index contributed by atoms with van der Waals surface area (Å²) in [4.78, 5) is 0. The molecule has 2 aromatic rings. The lowest BCUT2D eigenvalue weighted by molar-refractivity contribution is 0.117. The molecule has 0 saturated carbocycles. The van der Waals surface area contributed by atoms with E-state index in [-0.39, 0.29) is 19.0 Å². The third-order valence-electron chi connectivity index (χ3n) is 2.95. The maximum Gasteiger partial charge on any atom is 0.128 e. The molecule has 0 saturated heterocycles. The zero-order chi connectivity index (χ0) is 15.2. The van der Waals surface area contributed by atoms with Crippen molar-refractivity contribution in [3.8, 4) is 5.75 Å². The minimum atomic E-state index is -0.687. The molecule has 2 aromatic carbocycles. The molecule has 21 heavy (non-hydrogen) atoms. The second-order valence-corrected chi connectivity index (χ2v) is 5.68. The van der Waals surface area contributed by atoms with Crippen LogP contribution in [0.2, 0.25) is 0 Å². The summed E-state index contributed by atoms with van der Waals surface area (Å²) in [5.74, 6) is 0.421. The van der Waals surface area contributed by atoms with E-state index in [9.17, 15) is 9.50 Å². The van der Waals surface area contributed by atoms with E-state index < -0.39 is 6.10 Å². The number of hydrogen-bond donors (Lipinski definition) is 2. The van der Waals surface area contributed by atoms with Crippen molar-refractivity contribution in [2.45, 2.75) is 13.0 Å². The van der Waals surface area contributed by atoms with Gasteiger partial charge in [-0.3, -0.25) is 0 Å². The number of anilines is 1. The SMILES string of the molecule is Cc1ccc(NCC(O)COc2cccc(Br)c2)cc1F. The van der Waals surface area contributed by atoms with Crippen LogP contribution in [0.4, 0.5) is 10.1 Å². The summed E-state index contributed by atoms with van der Waals surface area (Å²) in [6, 6.07) is 12.3. The van der Waals surface area contributed by atoms with Crippen molar-refractivity contribution < 1.29 is 14.2 Å². The minimum Gasteiger partial charge on any atom is -0.491 e. The number of halogens is 2. The van der Waals surface area contributed by atoms with Crippen molar-refractivity contribution in [1.29, 1.82) is 0 Å². The Bertz CT molecular complexity index is 607. The van der Waals surface area contributed by atoms with E-state index in [4.69, 9.17) is 4.74 Å². The predicted molar refractivity (Wildman–Crippen MR) is 85.3 cm³/mol. The fourth-order valence-corrected chi connectivity index (χ4v) is 2.12. The van der Waals surface area contributed by atoms with Gasteiger partial charge in [0.25, 0.3) is 0 Å². The molecular weight excluding hydrogens is 337 g/mol. The van der Waals surface area contributed by atoms with Crippen LogP contribution in [-0.2, 0) is 0 Å². The summed E-state index contributed by atoms with van der Waals surface area (Å²) in [7, 11) is 0. The van der Waals surface area contributed by atoms with Crippen LogP contribution in [-0.4, -0.2) is 24.4 Å². The molecule has 2 N–H and O–H groups in total. The fraction of sp³-hybridized carbons (Fsp3) is 0.250. The average Bonchev–Trinajstić information content (AvgIpc) is 2.46. The van der Waals surface area contributed by atoms with Gasteiger partial charge in [-0.1, -0.05) is 28.1 Å². The monoisotopic (exact) mass is 353 g/mol. The van der Waals surface area contributed by atoms with E-state index in [1.54, 1.807) is 19.1 Å². The Labute approximate surface area is 131 Å². The van der Waals surface area contributed by atoms with Crippen LogP contribution >= 0.6 is 15.9 Å². The smallest absolute Gasteiger partial charge is 0.128 e. The summed E-state index contributed by atoms with van der Waals surface area (Å²) in [6.45, 7) is 2.16. The number of aliphatic hydroxyl groups is 1. The summed E-state index contributed by atoms with van der Waals surface area (Å²) >= 11 is 3.35. The highest BCUT2D eigenvalue weighted by Crippen LogP contribution is 2.18. The van der Waals surface area contributed by atoms with Crippen molar-refractivity contribution >= 4 is 21.6 Å². The molecule has 0 heterocycles. The Kier molecular flexibility index (Phi) is 5.59. The second-order valence-electron chi connectivity index (χ2n) is 4.77. The number of aliphatic hydroxyl groups excluding tert-OH is 1. The number of hydrogen-bond acceptors (Lipinski definition) is 3. The first-order valence-corrected chi connectivity index (χ1v) is 7.40. The molecule has 0 fully saturated rings. The Morgan fingerprint density at radius 1 is 1.29 bits per heavy atom. The zero-order valence-electron chi connectivity index (χ0n) is 11.6. The van der Waals surface area contributed by atoms with Crippen molar-refractivity contribution in [1.82, 2.24) is 0 Å². The lowest BCUT2D eigenvalue weighted by Crippen LogP contribution is -2.26. The van der Waals surface area contributed by atoms with E-state index in [0.717, 1.165) is 4.47 Å². The van der Waals surface area contributed by atoms with Gasteiger partial charge in [0.15, 0.2) is 0 Å². The Balaban J connectivity index is 1.79. The van der Waals surface area contributed by atoms with E-state index in [1.807, 2.05) is 24.3 Å². The quantitative estimate of drug-likeness (QED) is 0.830. The van der Waals surface area contributed by atoms with Gasteiger partial charge in [-0.05, 0) is 42.8 Å². The van der Waals surface area contributed by atoms with Gasteiger partial charge in [0, 0.05) is 16.7 Å². The molecule has 3 nitrogen and oxygen atoms in total. The Morgan fingerprint density at radius 2 is 2.10 bits per heavy atom. The summed E-state index contributed by atoms with van der Waals surface area (Å²) in [5, 5.41) is 12.9. The maximum absolute atomic E-state index is 13.4. The number of rotatable bonds is 6. The summed E-state index contributed by atoms with van der Waals surface area (Å²) in [5.41, 5.74) is 1.23. The van der Waals surface area contributed by atoms with Gasteiger partial charge in [-0.2, -0.15) is 0 Å². The summed E-state index contributed by atoms with van der Waals surface area (Å²) in [6.07, 6.45) is -0.687. The van der Waals surface area contributed by atoms with Crippen LogP contribution in [0.3, 0.4) is 0 Å². The topological polar surface area (TPSA) is 41.5 Å². The van der Waals surface area contributed by atoms with Crippen LogP contribution in [0.25, 0.3) is 0 Å². The van der Waals surface area contributed by atoms with Crippen molar-refractivity contribution in [2.24, 2.45) is 0 Å². The molecule has 0 spiro atoms. The molecule has 0 aliphatic heterocycles. The zero-order valence-corrected chi connectivity index (χ0v) is 13.2. The molecule has 0 aromatic heterocycles. The summed E-state index contributed by atoms with van der Waals surface area (Å²) < 4.78 is 19.8. The van der Waals surface area contributed by atoms with Crippen molar-refractivity contribution in [2.75, 3.05) is 18.5 Å². The molecule has 1 atom stereocenters. The van der Waals surface area contributed by atoms with Gasteiger partial charge < -0.3 is 15.2 Å². The lowest BCUT2D eigenvalue weighted by atomic mass is 10.2. The van der Waals surface area contributed by atoms with E-state index in [2.05, 4.69) is 21.2 Å². The third-order valence-corrected chi connectivity index (χ3v) is 3.45. The van der Waals surface area contributed by atoms with Crippen LogP contribution in [0, 0.1) is 12.7 Å². The van der Waals surface area contributed by atoms with Crippen LogP contribution in [0.5, 0.6) is 5.75 Å².